The molecule has 1 aliphatic rings. The molecule has 0 spiro atoms. The summed E-state index contributed by atoms with van der Waals surface area (Å²) in [5.74, 6) is 0.919. The fourth-order valence-electron chi connectivity index (χ4n) is 2.66. The smallest absolute Gasteiger partial charge is 0.00390 e. The molecule has 0 radical (unpaired) electrons. The molecular weight excluding hydrogens is 184 g/mol. The zero-order chi connectivity index (χ0) is 11.1. The zero-order valence-electron chi connectivity index (χ0n) is 10.5. The van der Waals surface area contributed by atoms with E-state index in [2.05, 4.69) is 18.7 Å². The molecule has 0 unspecified atom stereocenters. The maximum absolute atomic E-state index is 5.93. The van der Waals surface area contributed by atoms with Gasteiger partial charge in [-0.15, -0.1) is 0 Å². The van der Waals surface area contributed by atoms with Crippen molar-refractivity contribution in [1.82, 2.24) is 4.90 Å². The van der Waals surface area contributed by atoms with E-state index in [1.54, 1.807) is 0 Å². The molecule has 2 heteroatoms. The van der Waals surface area contributed by atoms with Gasteiger partial charge in [0.05, 0.1) is 0 Å². The van der Waals surface area contributed by atoms with Crippen LogP contribution < -0.4 is 5.73 Å². The summed E-state index contributed by atoms with van der Waals surface area (Å²) in [6.07, 6.45) is 7.77. The lowest BCUT2D eigenvalue weighted by Gasteiger charge is -2.31. The summed E-state index contributed by atoms with van der Waals surface area (Å²) in [5, 5.41) is 0. The van der Waals surface area contributed by atoms with Crippen molar-refractivity contribution in [3.05, 3.63) is 0 Å². The number of hydrogen-bond donors (Lipinski definition) is 1. The summed E-state index contributed by atoms with van der Waals surface area (Å²) < 4.78 is 0. The van der Waals surface area contributed by atoms with Crippen molar-refractivity contribution in [2.75, 3.05) is 19.6 Å². The Hall–Kier alpha value is -0.0800. The third-order valence-electron chi connectivity index (χ3n) is 3.49. The Labute approximate surface area is 95.2 Å². The number of nitrogens with zero attached hydrogens (tertiary/aromatic N) is 1. The molecule has 0 bridgehead atoms. The van der Waals surface area contributed by atoms with Crippen molar-refractivity contribution in [3.8, 4) is 0 Å². The predicted molar refractivity (Wildman–Crippen MR) is 67.0 cm³/mol. The van der Waals surface area contributed by atoms with Gasteiger partial charge in [-0.25, -0.2) is 0 Å². The highest BCUT2D eigenvalue weighted by Gasteiger charge is 2.20. The molecule has 0 atom stereocenters. The van der Waals surface area contributed by atoms with Gasteiger partial charge in [0.2, 0.25) is 0 Å². The quantitative estimate of drug-likeness (QED) is 0.733. The summed E-state index contributed by atoms with van der Waals surface area (Å²) >= 11 is 0. The molecule has 0 aliphatic heterocycles. The van der Waals surface area contributed by atoms with Crippen LogP contribution in [0.2, 0.25) is 0 Å². The molecule has 2 N–H and O–H groups in total. The van der Waals surface area contributed by atoms with Gasteiger partial charge in [-0.1, -0.05) is 13.8 Å². The number of nitrogens with two attached hydrogens (primary N) is 1. The molecule has 0 aromatic heterocycles. The van der Waals surface area contributed by atoms with Gasteiger partial charge in [-0.2, -0.15) is 0 Å². The van der Waals surface area contributed by atoms with Gasteiger partial charge < -0.3 is 10.6 Å². The van der Waals surface area contributed by atoms with E-state index in [-0.39, 0.29) is 0 Å². The predicted octanol–water partition coefficient (Wildman–Crippen LogP) is 2.63. The normalized spacial score (nSPS) is 27.2. The van der Waals surface area contributed by atoms with Crippen LogP contribution in [0.15, 0.2) is 0 Å². The average molecular weight is 212 g/mol. The second-order valence-corrected chi connectivity index (χ2v) is 5.08. The molecule has 0 aromatic rings. The van der Waals surface area contributed by atoms with Crippen molar-refractivity contribution < 1.29 is 0 Å². The van der Waals surface area contributed by atoms with Gasteiger partial charge >= 0.3 is 0 Å². The van der Waals surface area contributed by atoms with Crippen molar-refractivity contribution >= 4 is 0 Å². The SMILES string of the molecule is CCCN(CCC)CC1CCC(N)CC1. The van der Waals surface area contributed by atoms with E-state index >= 15 is 0 Å². The number of rotatable bonds is 6. The molecule has 1 aliphatic carbocycles. The summed E-state index contributed by atoms with van der Waals surface area (Å²) in [5.41, 5.74) is 5.93. The van der Waals surface area contributed by atoms with E-state index in [0.717, 1.165) is 5.92 Å². The van der Waals surface area contributed by atoms with Gasteiger partial charge in [-0.05, 0) is 57.5 Å². The highest BCUT2D eigenvalue weighted by molar-refractivity contribution is 4.76. The van der Waals surface area contributed by atoms with Gasteiger partial charge in [0.1, 0.15) is 0 Å². The van der Waals surface area contributed by atoms with Gasteiger partial charge in [0.25, 0.3) is 0 Å². The van der Waals surface area contributed by atoms with Crippen LogP contribution in [-0.4, -0.2) is 30.6 Å². The minimum atomic E-state index is 0.493. The van der Waals surface area contributed by atoms with Crippen molar-refractivity contribution in [3.63, 3.8) is 0 Å². The lowest BCUT2D eigenvalue weighted by Crippen LogP contribution is -2.35. The lowest BCUT2D eigenvalue weighted by atomic mass is 9.86. The van der Waals surface area contributed by atoms with E-state index in [0.29, 0.717) is 6.04 Å². The Balaban J connectivity index is 2.24. The van der Waals surface area contributed by atoms with Crippen LogP contribution in [0.5, 0.6) is 0 Å². The van der Waals surface area contributed by atoms with Crippen LogP contribution >= 0.6 is 0 Å². The molecule has 1 fully saturated rings. The molecule has 0 amide bonds. The molecule has 1 saturated carbocycles. The largest absolute Gasteiger partial charge is 0.328 e. The molecular formula is C13H28N2. The van der Waals surface area contributed by atoms with E-state index < -0.39 is 0 Å². The molecule has 0 saturated heterocycles. The standard InChI is InChI=1S/C13H28N2/c1-3-9-15(10-4-2)11-12-5-7-13(14)8-6-12/h12-13H,3-11,14H2,1-2H3. The van der Waals surface area contributed by atoms with E-state index in [1.165, 1.54) is 58.2 Å². The fraction of sp³-hybridized carbons (Fsp3) is 1.00. The average Bonchev–Trinajstić information content (AvgIpc) is 2.22. The molecule has 2 nitrogen and oxygen atoms in total. The second-order valence-electron chi connectivity index (χ2n) is 5.08. The molecule has 0 heterocycles. The number of hydrogen-bond acceptors (Lipinski definition) is 2. The zero-order valence-corrected chi connectivity index (χ0v) is 10.5. The van der Waals surface area contributed by atoms with E-state index in [1.807, 2.05) is 0 Å². The fourth-order valence-corrected chi connectivity index (χ4v) is 2.66. The Morgan fingerprint density at radius 3 is 2.00 bits per heavy atom. The Morgan fingerprint density at radius 1 is 1.00 bits per heavy atom. The van der Waals surface area contributed by atoms with Crippen LogP contribution in [0, 0.1) is 5.92 Å². The first-order chi connectivity index (χ1) is 7.26. The maximum atomic E-state index is 5.93. The molecule has 15 heavy (non-hydrogen) atoms. The van der Waals surface area contributed by atoms with Gasteiger partial charge in [0.15, 0.2) is 0 Å². The van der Waals surface area contributed by atoms with Crippen LogP contribution in [0.1, 0.15) is 52.4 Å². The first-order valence-corrected chi connectivity index (χ1v) is 6.74. The third-order valence-corrected chi connectivity index (χ3v) is 3.49. The highest BCUT2D eigenvalue weighted by Crippen LogP contribution is 2.24. The van der Waals surface area contributed by atoms with Gasteiger partial charge in [0, 0.05) is 12.6 Å². The van der Waals surface area contributed by atoms with Crippen molar-refractivity contribution in [2.45, 2.75) is 58.4 Å². The molecule has 0 aromatic carbocycles. The van der Waals surface area contributed by atoms with Crippen molar-refractivity contribution in [2.24, 2.45) is 11.7 Å². The topological polar surface area (TPSA) is 29.3 Å². The highest BCUT2D eigenvalue weighted by atomic mass is 15.1. The lowest BCUT2D eigenvalue weighted by molar-refractivity contribution is 0.194. The Morgan fingerprint density at radius 2 is 1.53 bits per heavy atom. The summed E-state index contributed by atoms with van der Waals surface area (Å²) in [7, 11) is 0. The van der Waals surface area contributed by atoms with E-state index in [4.69, 9.17) is 5.73 Å². The summed E-state index contributed by atoms with van der Waals surface area (Å²) in [6.45, 7) is 8.42. The van der Waals surface area contributed by atoms with Crippen LogP contribution in [0.3, 0.4) is 0 Å². The Kier molecular flexibility index (Phi) is 6.26. The first kappa shape index (κ1) is 13.0. The molecule has 1 rings (SSSR count). The second kappa shape index (κ2) is 7.24. The maximum Gasteiger partial charge on any atom is 0.00390 e. The minimum absolute atomic E-state index is 0.493. The van der Waals surface area contributed by atoms with Crippen LogP contribution in [0.25, 0.3) is 0 Å². The monoisotopic (exact) mass is 212 g/mol. The minimum Gasteiger partial charge on any atom is -0.328 e. The van der Waals surface area contributed by atoms with E-state index in [9.17, 15) is 0 Å². The van der Waals surface area contributed by atoms with Crippen LogP contribution in [0.4, 0.5) is 0 Å². The first-order valence-electron chi connectivity index (χ1n) is 6.74. The Bertz CT molecular complexity index is 145. The summed E-state index contributed by atoms with van der Waals surface area (Å²) in [6, 6.07) is 0.493. The van der Waals surface area contributed by atoms with Crippen molar-refractivity contribution in [1.29, 1.82) is 0 Å². The molecule has 90 valence electrons. The van der Waals surface area contributed by atoms with Gasteiger partial charge in [-0.3, -0.25) is 0 Å². The van der Waals surface area contributed by atoms with Crippen LogP contribution in [-0.2, 0) is 0 Å². The third kappa shape index (κ3) is 4.98. The summed E-state index contributed by atoms with van der Waals surface area (Å²) in [4.78, 5) is 2.64.